The van der Waals surface area contributed by atoms with E-state index in [0.29, 0.717) is 23.6 Å². The molecule has 2 aromatic rings. The van der Waals surface area contributed by atoms with E-state index in [1.54, 1.807) is 0 Å². The maximum atomic E-state index is 15.1. The van der Waals surface area contributed by atoms with E-state index < -0.39 is 17.2 Å². The van der Waals surface area contributed by atoms with Gasteiger partial charge in [0.05, 0.1) is 17.5 Å². The minimum Gasteiger partial charge on any atom is -0.489 e. The number of fused-ring (bicyclic) bond motifs is 5. The molecule has 0 amide bonds. The molecule has 1 N–H and O–H groups in total. The van der Waals surface area contributed by atoms with Crippen LogP contribution in [0.15, 0.2) is 17.1 Å². The molecule has 0 spiro atoms. The van der Waals surface area contributed by atoms with Gasteiger partial charge in [0.25, 0.3) is 0 Å². The Labute approximate surface area is 148 Å². The van der Waals surface area contributed by atoms with Crippen LogP contribution in [0.4, 0.5) is 10.1 Å². The van der Waals surface area contributed by atoms with Crippen molar-refractivity contribution in [2.45, 2.75) is 44.2 Å². The van der Waals surface area contributed by atoms with E-state index in [0.717, 1.165) is 38.6 Å². The van der Waals surface area contributed by atoms with Gasteiger partial charge in [-0.3, -0.25) is 4.79 Å². The predicted octanol–water partition coefficient (Wildman–Crippen LogP) is 2.93. The van der Waals surface area contributed by atoms with Gasteiger partial charge in [-0.1, -0.05) is 0 Å². The van der Waals surface area contributed by atoms with Gasteiger partial charge >= 0.3 is 5.97 Å². The molecule has 7 heteroatoms. The molecule has 6 nitrogen and oxygen atoms in total. The number of nitrogens with zero attached hydrogens (tertiary/aromatic N) is 2. The van der Waals surface area contributed by atoms with Gasteiger partial charge in [0.15, 0.2) is 11.6 Å². The van der Waals surface area contributed by atoms with Crippen molar-refractivity contribution < 1.29 is 19.0 Å². The molecule has 1 saturated heterocycles. The van der Waals surface area contributed by atoms with Crippen molar-refractivity contribution in [3.05, 3.63) is 33.9 Å². The molecule has 0 radical (unpaired) electrons. The SMILES string of the molecule is O=C(O)c1cn(C2CC2)c2c3c(c(F)cc2c1=O)N1CCC[C@@H]1CCO3. The highest BCUT2D eigenvalue weighted by molar-refractivity contribution is 5.97. The Morgan fingerprint density at radius 1 is 1.23 bits per heavy atom. The van der Waals surface area contributed by atoms with Crippen LogP contribution in [0.2, 0.25) is 0 Å². The highest BCUT2D eigenvalue weighted by Crippen LogP contribution is 2.46. The van der Waals surface area contributed by atoms with Crippen molar-refractivity contribution >= 4 is 22.6 Å². The summed E-state index contributed by atoms with van der Waals surface area (Å²) < 4.78 is 22.8. The van der Waals surface area contributed by atoms with E-state index >= 15 is 4.39 Å². The van der Waals surface area contributed by atoms with Crippen LogP contribution in [-0.2, 0) is 0 Å². The average molecular weight is 358 g/mol. The second-order valence-electron chi connectivity index (χ2n) is 7.37. The summed E-state index contributed by atoms with van der Waals surface area (Å²) in [5, 5.41) is 9.47. The molecular weight excluding hydrogens is 339 g/mol. The van der Waals surface area contributed by atoms with Gasteiger partial charge in [0.2, 0.25) is 5.43 Å². The Morgan fingerprint density at radius 2 is 2.04 bits per heavy atom. The van der Waals surface area contributed by atoms with Gasteiger partial charge < -0.3 is 19.3 Å². The Kier molecular flexibility index (Phi) is 3.29. The first kappa shape index (κ1) is 15.7. The number of hydrogen-bond donors (Lipinski definition) is 1. The second-order valence-corrected chi connectivity index (χ2v) is 7.37. The van der Waals surface area contributed by atoms with Crippen LogP contribution >= 0.6 is 0 Å². The summed E-state index contributed by atoms with van der Waals surface area (Å²) in [6.45, 7) is 1.23. The zero-order valence-corrected chi connectivity index (χ0v) is 14.2. The van der Waals surface area contributed by atoms with Crippen molar-refractivity contribution in [2.75, 3.05) is 18.1 Å². The molecule has 1 saturated carbocycles. The monoisotopic (exact) mass is 358 g/mol. The summed E-state index contributed by atoms with van der Waals surface area (Å²) in [5.41, 5.74) is -0.0193. The molecule has 1 aliphatic carbocycles. The lowest BCUT2D eigenvalue weighted by Crippen LogP contribution is -2.29. The first-order chi connectivity index (χ1) is 12.6. The van der Waals surface area contributed by atoms with Gasteiger partial charge in [-0.2, -0.15) is 0 Å². The fourth-order valence-corrected chi connectivity index (χ4v) is 4.37. The Bertz CT molecular complexity index is 995. The highest BCUT2D eigenvalue weighted by Gasteiger charge is 2.36. The number of benzene rings is 1. The van der Waals surface area contributed by atoms with E-state index in [2.05, 4.69) is 4.90 Å². The fourth-order valence-electron chi connectivity index (χ4n) is 4.37. The number of anilines is 1. The summed E-state index contributed by atoms with van der Waals surface area (Å²) in [6.07, 6.45) is 6.06. The summed E-state index contributed by atoms with van der Waals surface area (Å²) in [5.74, 6) is -1.41. The van der Waals surface area contributed by atoms with Gasteiger partial charge in [-0.15, -0.1) is 0 Å². The van der Waals surface area contributed by atoms with Crippen molar-refractivity contribution in [3.8, 4) is 5.75 Å². The first-order valence-corrected chi connectivity index (χ1v) is 9.10. The number of ether oxygens (including phenoxy) is 1. The number of rotatable bonds is 2. The average Bonchev–Trinajstić information content (AvgIpc) is 3.38. The molecule has 3 heterocycles. The molecule has 2 fully saturated rings. The zero-order valence-electron chi connectivity index (χ0n) is 14.2. The number of aromatic carboxylic acids is 1. The van der Waals surface area contributed by atoms with Crippen molar-refractivity contribution in [2.24, 2.45) is 0 Å². The summed E-state index contributed by atoms with van der Waals surface area (Å²) in [4.78, 5) is 26.2. The van der Waals surface area contributed by atoms with Crippen LogP contribution in [0.1, 0.15) is 48.5 Å². The van der Waals surface area contributed by atoms with Crippen LogP contribution in [0, 0.1) is 5.82 Å². The number of hydrogen-bond acceptors (Lipinski definition) is 4. The van der Waals surface area contributed by atoms with E-state index in [1.165, 1.54) is 12.3 Å². The molecule has 1 atom stereocenters. The zero-order chi connectivity index (χ0) is 18.0. The number of halogens is 1. The topological polar surface area (TPSA) is 71.8 Å². The predicted molar refractivity (Wildman–Crippen MR) is 93.9 cm³/mol. The molecular formula is C19H19FN2O4. The molecule has 1 aromatic carbocycles. The smallest absolute Gasteiger partial charge is 0.341 e. The number of carboxylic acid groups (broad SMARTS) is 1. The minimum absolute atomic E-state index is 0.0886. The lowest BCUT2D eigenvalue weighted by molar-refractivity contribution is 0.0695. The van der Waals surface area contributed by atoms with Gasteiger partial charge in [-0.05, 0) is 31.7 Å². The lowest BCUT2D eigenvalue weighted by atomic mass is 10.1. The fraction of sp³-hybridized carbons (Fsp3) is 0.474. The molecule has 26 heavy (non-hydrogen) atoms. The number of carbonyl (C=O) groups is 1. The largest absolute Gasteiger partial charge is 0.489 e. The molecule has 3 aliphatic rings. The van der Waals surface area contributed by atoms with Crippen LogP contribution in [-0.4, -0.2) is 34.8 Å². The number of aromatic nitrogens is 1. The first-order valence-electron chi connectivity index (χ1n) is 9.10. The normalized spacial score (nSPS) is 21.9. The lowest BCUT2D eigenvalue weighted by Gasteiger charge is -2.26. The third-order valence-corrected chi connectivity index (χ3v) is 5.73. The summed E-state index contributed by atoms with van der Waals surface area (Å²) in [6, 6.07) is 1.58. The van der Waals surface area contributed by atoms with Crippen LogP contribution in [0.5, 0.6) is 5.75 Å². The van der Waals surface area contributed by atoms with E-state index in [1.807, 2.05) is 4.57 Å². The highest BCUT2D eigenvalue weighted by atomic mass is 19.1. The number of pyridine rings is 1. The number of carboxylic acids is 1. The summed E-state index contributed by atoms with van der Waals surface area (Å²) in [7, 11) is 0. The maximum Gasteiger partial charge on any atom is 0.341 e. The standard InChI is InChI=1S/C19H19FN2O4/c20-14-8-12-15(18-16(14)21-6-1-2-10(21)5-7-26-18)22(11-3-4-11)9-13(17(12)23)19(24)25/h8-11H,1-7H2,(H,24,25)/t10-/m1/s1. The molecule has 0 bridgehead atoms. The molecule has 136 valence electrons. The minimum atomic E-state index is -1.29. The van der Waals surface area contributed by atoms with Crippen molar-refractivity contribution in [3.63, 3.8) is 0 Å². The maximum absolute atomic E-state index is 15.1. The Hall–Kier alpha value is -2.57. The quantitative estimate of drug-likeness (QED) is 0.894. The van der Waals surface area contributed by atoms with E-state index in [4.69, 9.17) is 4.74 Å². The van der Waals surface area contributed by atoms with Gasteiger partial charge in [0, 0.05) is 31.2 Å². The second kappa shape index (κ2) is 5.46. The molecule has 5 rings (SSSR count). The van der Waals surface area contributed by atoms with Gasteiger partial charge in [0.1, 0.15) is 11.3 Å². The van der Waals surface area contributed by atoms with Crippen molar-refractivity contribution in [1.82, 2.24) is 4.57 Å². The molecule has 1 aromatic heterocycles. The van der Waals surface area contributed by atoms with Crippen LogP contribution < -0.4 is 15.1 Å². The summed E-state index contributed by atoms with van der Waals surface area (Å²) >= 11 is 0. The van der Waals surface area contributed by atoms with Crippen LogP contribution in [0.25, 0.3) is 10.9 Å². The Morgan fingerprint density at radius 3 is 2.77 bits per heavy atom. The van der Waals surface area contributed by atoms with Gasteiger partial charge in [-0.25, -0.2) is 9.18 Å². The van der Waals surface area contributed by atoms with Crippen LogP contribution in [0.3, 0.4) is 0 Å². The third-order valence-electron chi connectivity index (χ3n) is 5.73. The third kappa shape index (κ3) is 2.15. The van der Waals surface area contributed by atoms with Crippen molar-refractivity contribution in [1.29, 1.82) is 0 Å². The Balaban J connectivity index is 1.88. The molecule has 2 aliphatic heterocycles. The van der Waals surface area contributed by atoms with E-state index in [9.17, 15) is 14.7 Å². The molecule has 0 unspecified atom stereocenters. The van der Waals surface area contributed by atoms with E-state index in [-0.39, 0.29) is 23.0 Å².